The summed E-state index contributed by atoms with van der Waals surface area (Å²) < 4.78 is 10.6. The minimum absolute atomic E-state index is 0.124. The lowest BCUT2D eigenvalue weighted by Crippen LogP contribution is -2.22. The molecule has 28 heavy (non-hydrogen) atoms. The molecule has 6 heteroatoms. The fourth-order valence-electron chi connectivity index (χ4n) is 3.03. The number of aryl methyl sites for hydroxylation is 3. The van der Waals surface area contributed by atoms with Crippen molar-refractivity contribution in [3.05, 3.63) is 63.7 Å². The number of hydrogen-bond acceptors (Lipinski definition) is 5. The van der Waals surface area contributed by atoms with Crippen molar-refractivity contribution >= 4 is 17.2 Å². The first-order chi connectivity index (χ1) is 13.4. The second-order valence-electron chi connectivity index (χ2n) is 6.62. The van der Waals surface area contributed by atoms with Crippen LogP contribution in [0.25, 0.3) is 10.6 Å². The predicted molar refractivity (Wildman–Crippen MR) is 112 cm³/mol. The SMILES string of the molecule is COc1ccc(CNC(=O)c2sc(-c3ccc(C)cc3C)nc2C)cc1OC. The second-order valence-corrected chi connectivity index (χ2v) is 7.62. The average Bonchev–Trinajstić information content (AvgIpc) is 3.07. The van der Waals surface area contributed by atoms with Gasteiger partial charge in [-0.15, -0.1) is 11.3 Å². The maximum atomic E-state index is 12.7. The van der Waals surface area contributed by atoms with Gasteiger partial charge in [0.1, 0.15) is 9.88 Å². The highest BCUT2D eigenvalue weighted by Crippen LogP contribution is 2.31. The first kappa shape index (κ1) is 19.9. The average molecular weight is 397 g/mol. The first-order valence-electron chi connectivity index (χ1n) is 8.97. The molecule has 0 aliphatic heterocycles. The van der Waals surface area contributed by atoms with Crippen molar-refractivity contribution in [1.29, 1.82) is 0 Å². The smallest absolute Gasteiger partial charge is 0.263 e. The summed E-state index contributed by atoms with van der Waals surface area (Å²) in [7, 11) is 3.19. The third-order valence-electron chi connectivity index (χ3n) is 4.52. The molecule has 1 aromatic heterocycles. The Kier molecular flexibility index (Phi) is 5.99. The van der Waals surface area contributed by atoms with Gasteiger partial charge in [0.2, 0.25) is 0 Å². The van der Waals surface area contributed by atoms with Crippen LogP contribution in [0.5, 0.6) is 11.5 Å². The van der Waals surface area contributed by atoms with Crippen molar-refractivity contribution in [3.63, 3.8) is 0 Å². The number of carbonyl (C=O) groups is 1. The van der Waals surface area contributed by atoms with Crippen LogP contribution in [0.3, 0.4) is 0 Å². The number of nitrogens with zero attached hydrogens (tertiary/aromatic N) is 1. The van der Waals surface area contributed by atoms with E-state index < -0.39 is 0 Å². The van der Waals surface area contributed by atoms with E-state index in [1.165, 1.54) is 16.9 Å². The summed E-state index contributed by atoms with van der Waals surface area (Å²) in [4.78, 5) is 18.0. The highest BCUT2D eigenvalue weighted by molar-refractivity contribution is 7.17. The van der Waals surface area contributed by atoms with E-state index in [0.29, 0.717) is 22.9 Å². The lowest BCUT2D eigenvalue weighted by Gasteiger charge is -2.10. The van der Waals surface area contributed by atoms with Crippen molar-refractivity contribution in [2.24, 2.45) is 0 Å². The fraction of sp³-hybridized carbons (Fsp3) is 0.273. The Hall–Kier alpha value is -2.86. The minimum Gasteiger partial charge on any atom is -0.493 e. The Morgan fingerprint density at radius 1 is 1.04 bits per heavy atom. The van der Waals surface area contributed by atoms with E-state index in [1.807, 2.05) is 25.1 Å². The van der Waals surface area contributed by atoms with Gasteiger partial charge in [-0.1, -0.05) is 29.8 Å². The van der Waals surface area contributed by atoms with E-state index >= 15 is 0 Å². The largest absolute Gasteiger partial charge is 0.493 e. The molecule has 2 aromatic carbocycles. The zero-order valence-corrected chi connectivity index (χ0v) is 17.6. The van der Waals surface area contributed by atoms with Crippen LogP contribution in [-0.4, -0.2) is 25.1 Å². The van der Waals surface area contributed by atoms with Crippen molar-refractivity contribution < 1.29 is 14.3 Å². The molecule has 0 aliphatic carbocycles. The molecule has 1 heterocycles. The molecule has 0 radical (unpaired) electrons. The van der Waals surface area contributed by atoms with Gasteiger partial charge in [-0.25, -0.2) is 4.98 Å². The van der Waals surface area contributed by atoms with Crippen LogP contribution in [0.15, 0.2) is 36.4 Å². The van der Waals surface area contributed by atoms with Crippen molar-refractivity contribution in [2.75, 3.05) is 14.2 Å². The molecule has 1 amide bonds. The van der Waals surface area contributed by atoms with Gasteiger partial charge in [0, 0.05) is 12.1 Å². The third-order valence-corrected chi connectivity index (χ3v) is 5.71. The van der Waals surface area contributed by atoms with Crippen molar-refractivity contribution in [2.45, 2.75) is 27.3 Å². The molecule has 0 fully saturated rings. The van der Waals surface area contributed by atoms with Crippen LogP contribution in [0.1, 0.15) is 32.1 Å². The van der Waals surface area contributed by atoms with E-state index in [1.54, 1.807) is 14.2 Å². The molecule has 0 atom stereocenters. The lowest BCUT2D eigenvalue weighted by molar-refractivity contribution is 0.0954. The van der Waals surface area contributed by atoms with Crippen LogP contribution in [-0.2, 0) is 6.54 Å². The number of rotatable bonds is 6. The Morgan fingerprint density at radius 3 is 2.46 bits per heavy atom. The monoisotopic (exact) mass is 396 g/mol. The fourth-order valence-corrected chi connectivity index (χ4v) is 4.10. The maximum absolute atomic E-state index is 12.7. The summed E-state index contributed by atoms with van der Waals surface area (Å²) in [5, 5.41) is 3.84. The van der Waals surface area contributed by atoms with Crippen LogP contribution in [0.2, 0.25) is 0 Å². The van der Waals surface area contributed by atoms with Gasteiger partial charge in [-0.3, -0.25) is 4.79 Å². The number of amides is 1. The molecule has 1 N–H and O–H groups in total. The number of nitrogens with one attached hydrogen (secondary N) is 1. The summed E-state index contributed by atoms with van der Waals surface area (Å²) in [6.45, 7) is 6.40. The number of ether oxygens (including phenoxy) is 2. The predicted octanol–water partition coefficient (Wildman–Crippen LogP) is 4.68. The molecule has 3 rings (SSSR count). The van der Waals surface area contributed by atoms with Gasteiger partial charge in [-0.2, -0.15) is 0 Å². The molecule has 0 bridgehead atoms. The summed E-state index contributed by atoms with van der Waals surface area (Å²) in [6, 6.07) is 11.9. The number of hydrogen-bond donors (Lipinski definition) is 1. The minimum atomic E-state index is -0.124. The van der Waals surface area contributed by atoms with Crippen LogP contribution in [0, 0.1) is 20.8 Å². The first-order valence-corrected chi connectivity index (χ1v) is 9.78. The number of methoxy groups -OCH3 is 2. The molecule has 3 aromatic rings. The second kappa shape index (κ2) is 8.44. The highest BCUT2D eigenvalue weighted by atomic mass is 32.1. The van der Waals surface area contributed by atoms with Gasteiger partial charge >= 0.3 is 0 Å². The summed E-state index contributed by atoms with van der Waals surface area (Å²) in [6.07, 6.45) is 0. The number of thiazole rings is 1. The van der Waals surface area contributed by atoms with Crippen molar-refractivity contribution in [1.82, 2.24) is 10.3 Å². The van der Waals surface area contributed by atoms with Crippen LogP contribution < -0.4 is 14.8 Å². The number of aromatic nitrogens is 1. The van der Waals surface area contributed by atoms with E-state index in [4.69, 9.17) is 9.47 Å². The van der Waals surface area contributed by atoms with E-state index in [0.717, 1.165) is 27.4 Å². The maximum Gasteiger partial charge on any atom is 0.263 e. The molecule has 0 spiro atoms. The van der Waals surface area contributed by atoms with Gasteiger partial charge in [-0.05, 0) is 44.0 Å². The van der Waals surface area contributed by atoms with Crippen LogP contribution >= 0.6 is 11.3 Å². The Morgan fingerprint density at radius 2 is 1.79 bits per heavy atom. The number of carbonyl (C=O) groups excluding carboxylic acids is 1. The molecule has 5 nitrogen and oxygen atoms in total. The molecule has 0 saturated heterocycles. The quantitative estimate of drug-likeness (QED) is 0.657. The summed E-state index contributed by atoms with van der Waals surface area (Å²) in [5.41, 5.74) is 5.11. The lowest BCUT2D eigenvalue weighted by atomic mass is 10.1. The zero-order chi connectivity index (χ0) is 20.3. The molecule has 0 unspecified atom stereocenters. The summed E-state index contributed by atoms with van der Waals surface area (Å²) >= 11 is 1.42. The molecule has 0 saturated carbocycles. The van der Waals surface area contributed by atoms with Crippen LogP contribution in [0.4, 0.5) is 0 Å². The van der Waals surface area contributed by atoms with Gasteiger partial charge in [0.05, 0.1) is 19.9 Å². The molecular weight excluding hydrogens is 372 g/mol. The van der Waals surface area contributed by atoms with Crippen molar-refractivity contribution in [3.8, 4) is 22.1 Å². The van der Waals surface area contributed by atoms with Gasteiger partial charge in [0.25, 0.3) is 5.91 Å². The standard InChI is InChI=1S/C22H24N2O3S/c1-13-6-8-17(14(2)10-13)22-24-15(3)20(28-22)21(25)23-12-16-7-9-18(26-4)19(11-16)27-5/h6-11H,12H2,1-5H3,(H,23,25). The normalized spacial score (nSPS) is 10.6. The Labute approximate surface area is 169 Å². The van der Waals surface area contributed by atoms with Gasteiger partial charge in [0.15, 0.2) is 11.5 Å². The Bertz CT molecular complexity index is 1010. The Balaban J connectivity index is 1.76. The highest BCUT2D eigenvalue weighted by Gasteiger charge is 2.17. The summed E-state index contributed by atoms with van der Waals surface area (Å²) in [5.74, 6) is 1.18. The molecule has 0 aliphatic rings. The topological polar surface area (TPSA) is 60.5 Å². The number of benzene rings is 2. The third kappa shape index (κ3) is 4.17. The van der Waals surface area contributed by atoms with E-state index in [-0.39, 0.29) is 5.91 Å². The zero-order valence-electron chi connectivity index (χ0n) is 16.8. The molecule has 146 valence electrons. The molecular formula is C22H24N2O3S. The van der Waals surface area contributed by atoms with E-state index in [9.17, 15) is 4.79 Å². The van der Waals surface area contributed by atoms with E-state index in [2.05, 4.69) is 42.3 Å². The van der Waals surface area contributed by atoms with Gasteiger partial charge < -0.3 is 14.8 Å².